The quantitative estimate of drug-likeness (QED) is 0.247. The monoisotopic (exact) mass is 428 g/mol. The molecule has 0 saturated heterocycles. The lowest BCUT2D eigenvalue weighted by Crippen LogP contribution is -2.03. The Bertz CT molecular complexity index is 1250. The molecule has 0 N–H and O–H groups in total. The molecule has 4 rings (SSSR count). The minimum atomic E-state index is -0.299. The molecular weight excluding hydrogens is 403 g/mol. The molecule has 0 amide bonds. The molecular formula is C27H25FN2O2. The molecule has 0 spiro atoms. The van der Waals surface area contributed by atoms with Crippen LogP contribution in [0.4, 0.5) is 4.39 Å². The smallest absolute Gasteiger partial charge is 0.145 e. The van der Waals surface area contributed by atoms with Crippen LogP contribution in [-0.2, 0) is 11.4 Å². The fourth-order valence-corrected chi connectivity index (χ4v) is 3.74. The van der Waals surface area contributed by atoms with Crippen molar-refractivity contribution in [1.82, 2.24) is 4.57 Å². The summed E-state index contributed by atoms with van der Waals surface area (Å²) < 4.78 is 21.5. The van der Waals surface area contributed by atoms with Gasteiger partial charge in [-0.05, 0) is 43.7 Å². The first-order chi connectivity index (χ1) is 15.6. The number of methoxy groups -OCH3 is 1. The summed E-state index contributed by atoms with van der Waals surface area (Å²) in [6, 6.07) is 26.8. The highest BCUT2D eigenvalue weighted by molar-refractivity contribution is 6.01. The number of oxime groups is 1. The van der Waals surface area contributed by atoms with Crippen molar-refractivity contribution in [3.63, 3.8) is 0 Å². The molecule has 0 unspecified atom stereocenters. The molecule has 0 bridgehead atoms. The molecule has 1 heterocycles. The van der Waals surface area contributed by atoms with E-state index in [0.717, 1.165) is 39.7 Å². The van der Waals surface area contributed by atoms with E-state index in [1.807, 2.05) is 49.4 Å². The summed E-state index contributed by atoms with van der Waals surface area (Å²) in [5.74, 6) is 0.488. The van der Waals surface area contributed by atoms with Crippen LogP contribution in [0.15, 0.2) is 90.1 Å². The second-order valence-electron chi connectivity index (χ2n) is 7.47. The Kier molecular flexibility index (Phi) is 6.36. The molecule has 0 radical (unpaired) electrons. The van der Waals surface area contributed by atoms with Crippen LogP contribution in [0.5, 0.6) is 5.75 Å². The summed E-state index contributed by atoms with van der Waals surface area (Å²) in [5, 5.41) is 4.28. The maximum Gasteiger partial charge on any atom is 0.145 e. The van der Waals surface area contributed by atoms with Crippen LogP contribution in [0.2, 0.25) is 0 Å². The van der Waals surface area contributed by atoms with Gasteiger partial charge in [-0.25, -0.2) is 4.39 Å². The summed E-state index contributed by atoms with van der Waals surface area (Å²) in [7, 11) is 1.66. The largest absolute Gasteiger partial charge is 0.497 e. The zero-order valence-electron chi connectivity index (χ0n) is 18.4. The van der Waals surface area contributed by atoms with Crippen molar-refractivity contribution >= 4 is 5.71 Å². The Morgan fingerprint density at radius 2 is 1.69 bits per heavy atom. The number of benzene rings is 3. The summed E-state index contributed by atoms with van der Waals surface area (Å²) in [5.41, 5.74) is 6.29. The standard InChI is InChI=1S/C27H25FN2O2/c1-19(29-32-18-22-12-7-8-15-26(22)28)25-17-27(21-10-5-4-6-11-21)30(20(25)2)23-13-9-14-24(16-23)31-3/h4-17H,18H2,1-3H3/b29-19-. The predicted molar refractivity (Wildman–Crippen MR) is 126 cm³/mol. The molecule has 0 aliphatic carbocycles. The Morgan fingerprint density at radius 1 is 0.938 bits per heavy atom. The van der Waals surface area contributed by atoms with E-state index >= 15 is 0 Å². The normalized spacial score (nSPS) is 11.4. The van der Waals surface area contributed by atoms with Gasteiger partial charge >= 0.3 is 0 Å². The van der Waals surface area contributed by atoms with Gasteiger partial charge in [0, 0.05) is 28.6 Å². The average molecular weight is 429 g/mol. The molecule has 0 fully saturated rings. The van der Waals surface area contributed by atoms with Gasteiger partial charge in [0.2, 0.25) is 0 Å². The van der Waals surface area contributed by atoms with Crippen LogP contribution < -0.4 is 4.74 Å². The molecule has 5 heteroatoms. The predicted octanol–water partition coefficient (Wildman–Crippen LogP) is 6.54. The van der Waals surface area contributed by atoms with Crippen LogP contribution >= 0.6 is 0 Å². The first kappa shape index (κ1) is 21.4. The van der Waals surface area contributed by atoms with Crippen LogP contribution in [0, 0.1) is 12.7 Å². The van der Waals surface area contributed by atoms with Crippen LogP contribution in [0.3, 0.4) is 0 Å². The maximum absolute atomic E-state index is 13.9. The van der Waals surface area contributed by atoms with Gasteiger partial charge in [-0.1, -0.05) is 59.8 Å². The van der Waals surface area contributed by atoms with Crippen LogP contribution in [0.25, 0.3) is 16.9 Å². The second-order valence-corrected chi connectivity index (χ2v) is 7.47. The first-order valence-electron chi connectivity index (χ1n) is 10.4. The average Bonchev–Trinajstić information content (AvgIpc) is 3.18. The fraction of sp³-hybridized carbons (Fsp3) is 0.148. The van der Waals surface area contributed by atoms with Gasteiger partial charge in [0.05, 0.1) is 18.5 Å². The van der Waals surface area contributed by atoms with Crippen molar-refractivity contribution in [1.29, 1.82) is 0 Å². The topological polar surface area (TPSA) is 35.8 Å². The van der Waals surface area contributed by atoms with E-state index in [4.69, 9.17) is 9.57 Å². The minimum Gasteiger partial charge on any atom is -0.497 e. The van der Waals surface area contributed by atoms with Gasteiger partial charge in [-0.2, -0.15) is 0 Å². The van der Waals surface area contributed by atoms with E-state index in [1.54, 1.807) is 25.3 Å². The lowest BCUT2D eigenvalue weighted by molar-refractivity contribution is 0.128. The number of aromatic nitrogens is 1. The third kappa shape index (κ3) is 4.42. The van der Waals surface area contributed by atoms with E-state index in [2.05, 4.69) is 34.8 Å². The number of hydrogen-bond donors (Lipinski definition) is 0. The van der Waals surface area contributed by atoms with Gasteiger partial charge in [0.15, 0.2) is 0 Å². The Hall–Kier alpha value is -3.86. The number of rotatable bonds is 7. The summed E-state index contributed by atoms with van der Waals surface area (Å²) in [4.78, 5) is 5.49. The lowest BCUT2D eigenvalue weighted by Gasteiger charge is -2.13. The zero-order chi connectivity index (χ0) is 22.5. The molecule has 0 saturated carbocycles. The van der Waals surface area contributed by atoms with Gasteiger partial charge < -0.3 is 14.1 Å². The van der Waals surface area contributed by atoms with Crippen molar-refractivity contribution in [2.24, 2.45) is 5.16 Å². The molecule has 3 aromatic carbocycles. The van der Waals surface area contributed by atoms with E-state index < -0.39 is 0 Å². The fourth-order valence-electron chi connectivity index (χ4n) is 3.74. The van der Waals surface area contributed by atoms with E-state index in [-0.39, 0.29) is 12.4 Å². The number of ether oxygens (including phenoxy) is 1. The highest BCUT2D eigenvalue weighted by atomic mass is 19.1. The molecule has 32 heavy (non-hydrogen) atoms. The second kappa shape index (κ2) is 9.52. The van der Waals surface area contributed by atoms with Crippen LogP contribution in [0.1, 0.15) is 23.7 Å². The molecule has 4 aromatic rings. The van der Waals surface area contributed by atoms with Gasteiger partial charge in [-0.3, -0.25) is 0 Å². The SMILES string of the molecule is COc1cccc(-n2c(-c3ccccc3)cc(/C(C)=N\OCc3ccccc3F)c2C)c1. The summed E-state index contributed by atoms with van der Waals surface area (Å²) >= 11 is 0. The van der Waals surface area contributed by atoms with E-state index in [9.17, 15) is 4.39 Å². The van der Waals surface area contributed by atoms with Gasteiger partial charge in [-0.15, -0.1) is 0 Å². The minimum absolute atomic E-state index is 0.0746. The van der Waals surface area contributed by atoms with Crippen molar-refractivity contribution in [3.05, 3.63) is 108 Å². The van der Waals surface area contributed by atoms with Gasteiger partial charge in [0.25, 0.3) is 0 Å². The van der Waals surface area contributed by atoms with Crippen molar-refractivity contribution in [2.45, 2.75) is 20.5 Å². The lowest BCUT2D eigenvalue weighted by atomic mass is 10.1. The molecule has 4 nitrogen and oxygen atoms in total. The third-order valence-electron chi connectivity index (χ3n) is 5.40. The molecule has 0 atom stereocenters. The van der Waals surface area contributed by atoms with Crippen LogP contribution in [-0.4, -0.2) is 17.4 Å². The summed E-state index contributed by atoms with van der Waals surface area (Å²) in [6.45, 7) is 4.02. The third-order valence-corrected chi connectivity index (χ3v) is 5.40. The molecule has 1 aromatic heterocycles. The number of nitrogens with zero attached hydrogens (tertiary/aromatic N) is 2. The Morgan fingerprint density at radius 3 is 2.44 bits per heavy atom. The van der Waals surface area contributed by atoms with E-state index in [0.29, 0.717) is 5.56 Å². The highest BCUT2D eigenvalue weighted by Gasteiger charge is 2.17. The van der Waals surface area contributed by atoms with Crippen molar-refractivity contribution in [3.8, 4) is 22.7 Å². The maximum atomic E-state index is 13.9. The molecule has 162 valence electrons. The van der Waals surface area contributed by atoms with Gasteiger partial charge in [0.1, 0.15) is 18.2 Å². The Labute approximate surface area is 187 Å². The molecule has 0 aliphatic heterocycles. The Balaban J connectivity index is 1.73. The number of hydrogen-bond acceptors (Lipinski definition) is 3. The van der Waals surface area contributed by atoms with E-state index in [1.165, 1.54) is 6.07 Å². The number of halogens is 1. The summed E-state index contributed by atoms with van der Waals surface area (Å²) in [6.07, 6.45) is 0. The van der Waals surface area contributed by atoms with Crippen molar-refractivity contribution < 1.29 is 14.0 Å². The molecule has 0 aliphatic rings. The zero-order valence-corrected chi connectivity index (χ0v) is 18.4. The highest BCUT2D eigenvalue weighted by Crippen LogP contribution is 2.31. The first-order valence-corrected chi connectivity index (χ1v) is 10.4. The van der Waals surface area contributed by atoms with Crippen molar-refractivity contribution in [2.75, 3.05) is 7.11 Å².